The summed E-state index contributed by atoms with van der Waals surface area (Å²) in [5.41, 5.74) is 1.22. The Bertz CT molecular complexity index is 750. The lowest BCUT2D eigenvalue weighted by Gasteiger charge is -2.42. The van der Waals surface area contributed by atoms with Crippen molar-refractivity contribution in [3.05, 3.63) is 57.9 Å². The number of halogens is 1. The van der Waals surface area contributed by atoms with Gasteiger partial charge in [-0.05, 0) is 34.4 Å². The third kappa shape index (κ3) is 2.22. The second kappa shape index (κ2) is 5.15. The van der Waals surface area contributed by atoms with E-state index >= 15 is 0 Å². The molecule has 1 aliphatic carbocycles. The van der Waals surface area contributed by atoms with Crippen LogP contribution in [0.5, 0.6) is 0 Å². The molecular weight excluding hydrogens is 286 g/mol. The minimum Gasteiger partial charge on any atom is -0.508 e. The highest BCUT2D eigenvalue weighted by atomic mass is 35.5. The fourth-order valence-corrected chi connectivity index (χ4v) is 3.51. The molecule has 3 aliphatic rings. The first kappa shape index (κ1) is 14.1. The molecule has 2 atom stereocenters. The summed E-state index contributed by atoms with van der Waals surface area (Å²) in [6.07, 6.45) is 7.83. The van der Waals surface area contributed by atoms with E-state index in [1.54, 1.807) is 6.08 Å². The number of piperidine rings is 1. The summed E-state index contributed by atoms with van der Waals surface area (Å²) in [7, 11) is 0. The lowest BCUT2D eigenvalue weighted by molar-refractivity contribution is 0.243. The van der Waals surface area contributed by atoms with Gasteiger partial charge in [-0.25, -0.2) is 0 Å². The lowest BCUT2D eigenvalue weighted by atomic mass is 9.78. The average molecular weight is 304 g/mol. The smallest absolute Gasteiger partial charge is 0.153 e. The Kier molecular flexibility index (Phi) is 3.46. The first-order chi connectivity index (χ1) is 9.72. The minimum absolute atomic E-state index is 0. The Morgan fingerprint density at radius 1 is 1.10 bits per heavy atom. The van der Waals surface area contributed by atoms with Gasteiger partial charge in [0.05, 0.1) is 6.04 Å². The minimum atomic E-state index is 0. The van der Waals surface area contributed by atoms with Crippen LogP contribution in [0.25, 0.3) is 12.3 Å². The third-order valence-corrected chi connectivity index (χ3v) is 4.58. The quantitative estimate of drug-likeness (QED) is 0.770. The maximum absolute atomic E-state index is 9.81. The summed E-state index contributed by atoms with van der Waals surface area (Å²) in [6.45, 7) is 0.992. The number of nitrogens with zero attached hydrogens (tertiary/aromatic N) is 1. The molecule has 2 aliphatic heterocycles. The zero-order chi connectivity index (χ0) is 13.7. The van der Waals surface area contributed by atoms with Crippen molar-refractivity contribution < 1.29 is 10.2 Å². The molecular formula is C17H18ClNO2. The van der Waals surface area contributed by atoms with E-state index in [4.69, 9.17) is 0 Å². The van der Waals surface area contributed by atoms with Crippen molar-refractivity contribution in [1.29, 1.82) is 0 Å². The molecule has 2 unspecified atom stereocenters. The average Bonchev–Trinajstić information content (AvgIpc) is 2.47. The molecule has 110 valence electrons. The van der Waals surface area contributed by atoms with E-state index in [2.05, 4.69) is 41.4 Å². The summed E-state index contributed by atoms with van der Waals surface area (Å²) in [5.74, 6) is 0.514. The predicted molar refractivity (Wildman–Crippen MR) is 85.5 cm³/mol. The molecule has 1 saturated heterocycles. The van der Waals surface area contributed by atoms with E-state index in [0.717, 1.165) is 13.0 Å². The van der Waals surface area contributed by atoms with Gasteiger partial charge >= 0.3 is 0 Å². The van der Waals surface area contributed by atoms with Crippen molar-refractivity contribution in [3.8, 4) is 0 Å². The number of hydrogen-bond donors (Lipinski definition) is 2. The number of rotatable bonds is 0. The summed E-state index contributed by atoms with van der Waals surface area (Å²) in [6, 6.07) is 8.58. The van der Waals surface area contributed by atoms with Gasteiger partial charge < -0.3 is 15.1 Å². The van der Waals surface area contributed by atoms with Crippen LogP contribution in [-0.2, 0) is 0 Å². The number of aliphatic hydroxyl groups is 2. The molecule has 0 aromatic heterocycles. The molecule has 1 aromatic rings. The zero-order valence-corrected chi connectivity index (χ0v) is 12.4. The van der Waals surface area contributed by atoms with Crippen molar-refractivity contribution in [2.45, 2.75) is 18.9 Å². The number of allylic oxidation sites excluding steroid dienone is 2. The highest BCUT2D eigenvalue weighted by Gasteiger charge is 2.34. The summed E-state index contributed by atoms with van der Waals surface area (Å²) in [4.78, 5) is 2.33. The molecule has 4 heteroatoms. The van der Waals surface area contributed by atoms with Gasteiger partial charge in [-0.2, -0.15) is 0 Å². The standard InChI is InChI=1S/C17H17NO2.ClH/c19-16-8-12-5-6-18-10-13-4-2-1-3-11(13)7-15(18)14(12)9-17(16)20;/h1-4,7,9-10,12,15,19-20H,5-6,8H2;1H. The second-order valence-corrected chi connectivity index (χ2v) is 5.77. The van der Waals surface area contributed by atoms with Gasteiger partial charge in [-0.3, -0.25) is 0 Å². The van der Waals surface area contributed by atoms with Crippen molar-refractivity contribution >= 4 is 24.7 Å². The molecule has 21 heavy (non-hydrogen) atoms. The molecule has 0 saturated carbocycles. The second-order valence-electron chi connectivity index (χ2n) is 5.77. The first-order valence-corrected chi connectivity index (χ1v) is 7.09. The van der Waals surface area contributed by atoms with Crippen LogP contribution >= 0.6 is 12.4 Å². The molecule has 0 spiro atoms. The van der Waals surface area contributed by atoms with Crippen molar-refractivity contribution in [1.82, 2.24) is 4.90 Å². The number of fused-ring (bicyclic) bond motifs is 4. The van der Waals surface area contributed by atoms with Crippen molar-refractivity contribution in [3.63, 3.8) is 0 Å². The van der Waals surface area contributed by atoms with Gasteiger partial charge in [0.25, 0.3) is 0 Å². The Hall–Kier alpha value is -1.87. The fraction of sp³-hybridized carbons (Fsp3) is 0.294. The van der Waals surface area contributed by atoms with E-state index in [-0.39, 0.29) is 30.0 Å². The number of aliphatic hydroxyl groups excluding tert-OH is 2. The fourth-order valence-electron chi connectivity index (χ4n) is 3.51. The molecule has 2 N–H and O–H groups in total. The van der Waals surface area contributed by atoms with Crippen LogP contribution in [0.2, 0.25) is 0 Å². The molecule has 4 rings (SSSR count). The molecule has 2 heterocycles. The van der Waals surface area contributed by atoms with Gasteiger partial charge in [-0.15, -0.1) is 12.4 Å². The highest BCUT2D eigenvalue weighted by Crippen LogP contribution is 2.38. The lowest BCUT2D eigenvalue weighted by Crippen LogP contribution is -2.47. The maximum Gasteiger partial charge on any atom is 0.153 e. The molecule has 3 nitrogen and oxygen atoms in total. The zero-order valence-electron chi connectivity index (χ0n) is 11.6. The summed E-state index contributed by atoms with van der Waals surface area (Å²) in [5, 5.41) is 22.0. The van der Waals surface area contributed by atoms with Gasteiger partial charge in [0, 0.05) is 19.2 Å². The molecule has 1 aromatic carbocycles. The third-order valence-electron chi connectivity index (χ3n) is 4.58. The predicted octanol–water partition coefficient (Wildman–Crippen LogP) is 1.99. The van der Waals surface area contributed by atoms with Gasteiger partial charge in [0.1, 0.15) is 5.76 Å². The van der Waals surface area contributed by atoms with Crippen LogP contribution in [-0.4, -0.2) is 27.7 Å². The van der Waals surface area contributed by atoms with Crippen LogP contribution in [0.3, 0.4) is 0 Å². The highest BCUT2D eigenvalue weighted by molar-refractivity contribution is 5.85. The topological polar surface area (TPSA) is 43.7 Å². The van der Waals surface area contributed by atoms with Crippen LogP contribution in [0, 0.1) is 5.92 Å². The van der Waals surface area contributed by atoms with E-state index in [1.807, 2.05) is 0 Å². The Labute approximate surface area is 129 Å². The maximum atomic E-state index is 9.81. The van der Waals surface area contributed by atoms with E-state index in [0.29, 0.717) is 12.3 Å². The molecule has 0 amide bonds. The van der Waals surface area contributed by atoms with Crippen LogP contribution in [0.1, 0.15) is 12.8 Å². The van der Waals surface area contributed by atoms with E-state index in [9.17, 15) is 10.2 Å². The first-order valence-electron chi connectivity index (χ1n) is 7.09. The van der Waals surface area contributed by atoms with Gasteiger partial charge in [-0.1, -0.05) is 30.3 Å². The monoisotopic (exact) mass is 303 g/mol. The van der Waals surface area contributed by atoms with Crippen molar-refractivity contribution in [2.24, 2.45) is 5.92 Å². The number of hydrogen-bond acceptors (Lipinski definition) is 3. The Balaban J connectivity index is 0.00000132. The van der Waals surface area contributed by atoms with Crippen LogP contribution in [0.15, 0.2) is 47.4 Å². The summed E-state index contributed by atoms with van der Waals surface area (Å²) >= 11 is 0. The van der Waals surface area contributed by atoms with Gasteiger partial charge in [0.2, 0.25) is 0 Å². The van der Waals surface area contributed by atoms with Gasteiger partial charge in [0.15, 0.2) is 5.76 Å². The normalized spacial score (nSPS) is 26.3. The molecule has 0 bridgehead atoms. The molecule has 0 radical (unpaired) electrons. The number of benzene rings is 1. The van der Waals surface area contributed by atoms with E-state index in [1.165, 1.54) is 16.0 Å². The van der Waals surface area contributed by atoms with Crippen LogP contribution in [0.4, 0.5) is 0 Å². The Morgan fingerprint density at radius 2 is 1.86 bits per heavy atom. The van der Waals surface area contributed by atoms with Crippen molar-refractivity contribution in [2.75, 3.05) is 6.54 Å². The van der Waals surface area contributed by atoms with Crippen LogP contribution < -0.4 is 10.4 Å². The summed E-state index contributed by atoms with van der Waals surface area (Å²) < 4.78 is 0. The SMILES string of the molecule is Cl.OC1=C(O)CC2CCN3C=c4ccccc4=CC3C2=C1. The molecule has 1 fully saturated rings. The largest absolute Gasteiger partial charge is 0.508 e. The Morgan fingerprint density at radius 3 is 2.67 bits per heavy atom. The van der Waals surface area contributed by atoms with E-state index < -0.39 is 0 Å².